The molecule has 1 N–H and O–H groups in total. The van der Waals surface area contributed by atoms with Crippen molar-refractivity contribution in [1.29, 1.82) is 5.26 Å². The Morgan fingerprint density at radius 3 is 1.62 bits per heavy atom. The number of nitrogens with zero attached hydrogens (tertiary/aromatic N) is 9. The number of ether oxygens (including phenoxy) is 5. The molecule has 78 heavy (non-hydrogen) atoms. The molecule has 3 amide bonds. The number of alkyl halides is 2. The maximum atomic E-state index is 13.9. The molecule has 1 atom stereocenters. The third-order valence-corrected chi connectivity index (χ3v) is 13.7. The first-order chi connectivity index (χ1) is 37.6. The van der Waals surface area contributed by atoms with Gasteiger partial charge < -0.3 is 38.8 Å². The predicted octanol–water partition coefficient (Wildman–Crippen LogP) is 2.43. The van der Waals surface area contributed by atoms with Gasteiger partial charge >= 0.3 is 23.9 Å². The van der Waals surface area contributed by atoms with E-state index in [1.807, 2.05) is 40.4 Å². The quantitative estimate of drug-likeness (QED) is 0.0768. The number of pyridine rings is 1. The zero-order valence-corrected chi connectivity index (χ0v) is 45.8. The Morgan fingerprint density at radius 2 is 1.13 bits per heavy atom. The smallest absolute Gasteiger partial charge is 0.320 e. The number of piperazine rings is 1. The zero-order chi connectivity index (χ0) is 56.3. The Labute approximate surface area is 456 Å². The van der Waals surface area contributed by atoms with Crippen molar-refractivity contribution in [2.24, 2.45) is 0 Å². The summed E-state index contributed by atoms with van der Waals surface area (Å²) < 4.78 is 55.8. The fourth-order valence-electron chi connectivity index (χ4n) is 9.01. The van der Waals surface area contributed by atoms with Crippen LogP contribution in [0.1, 0.15) is 82.5 Å². The summed E-state index contributed by atoms with van der Waals surface area (Å²) in [5, 5.41) is 12.2. The van der Waals surface area contributed by atoms with E-state index in [9.17, 15) is 47.6 Å². The molecule has 1 aromatic heterocycles. The highest BCUT2D eigenvalue weighted by Gasteiger charge is 2.47. The van der Waals surface area contributed by atoms with E-state index >= 15 is 0 Å². The molecule has 1 unspecified atom stereocenters. The van der Waals surface area contributed by atoms with Crippen LogP contribution in [0.3, 0.4) is 0 Å². The van der Waals surface area contributed by atoms with Crippen molar-refractivity contribution in [1.82, 2.24) is 44.6 Å². The van der Waals surface area contributed by atoms with Crippen LogP contribution in [-0.2, 0) is 47.7 Å². The van der Waals surface area contributed by atoms with Gasteiger partial charge in [0, 0.05) is 103 Å². The molecule has 2 aromatic rings. The van der Waals surface area contributed by atoms with Gasteiger partial charge in [0.15, 0.2) is 6.61 Å². The molecule has 432 valence electrons. The summed E-state index contributed by atoms with van der Waals surface area (Å²) in [5.74, 6) is -6.05. The lowest BCUT2D eigenvalue weighted by Crippen LogP contribution is -2.50. The van der Waals surface area contributed by atoms with Gasteiger partial charge in [-0.2, -0.15) is 5.26 Å². The van der Waals surface area contributed by atoms with Crippen LogP contribution in [0.5, 0.6) is 5.75 Å². The molecule has 3 fully saturated rings. The van der Waals surface area contributed by atoms with Crippen LogP contribution in [-0.4, -0.2) is 250 Å². The van der Waals surface area contributed by atoms with E-state index in [1.165, 1.54) is 12.3 Å². The molecule has 3 aliphatic rings. The highest BCUT2D eigenvalue weighted by atomic mass is 19.3. The fourth-order valence-corrected chi connectivity index (χ4v) is 9.01. The number of rotatable bonds is 27. The SMILES string of the molecule is CCCCOC(=O)CN1CCN(CC(=O)OCCCC)CCN(CC(=O)OCC(=O)N2CCN(CCCOc3ccc4nccc(C(=O)NCC(=O)N5CC(F)(F)CC5C#N)c4c3)CC2)CCN(CC(=O)OCCCC)CC1. The van der Waals surface area contributed by atoms with E-state index in [2.05, 4.69) is 15.2 Å². The fraction of sp³-hybridized carbons (Fsp3) is 0.685. The largest absolute Gasteiger partial charge is 0.494 e. The van der Waals surface area contributed by atoms with Crippen molar-refractivity contribution in [3.63, 3.8) is 0 Å². The Balaban J connectivity index is 1.08. The minimum absolute atomic E-state index is 0.0215. The monoisotopic (exact) mass is 1100 g/mol. The summed E-state index contributed by atoms with van der Waals surface area (Å²) in [6, 6.07) is 7.03. The second-order valence-electron chi connectivity index (χ2n) is 19.9. The number of esters is 4. The van der Waals surface area contributed by atoms with Crippen LogP contribution >= 0.6 is 0 Å². The molecule has 0 aliphatic carbocycles. The number of amides is 3. The lowest BCUT2D eigenvalue weighted by atomic mass is 10.1. The van der Waals surface area contributed by atoms with Crippen LogP contribution in [0.2, 0.25) is 0 Å². The number of unbranched alkanes of at least 4 members (excludes halogenated alkanes) is 3. The average molecular weight is 1100 g/mol. The molecule has 24 heteroatoms. The van der Waals surface area contributed by atoms with Crippen LogP contribution in [0.4, 0.5) is 8.78 Å². The second kappa shape index (κ2) is 33.3. The first-order valence-electron chi connectivity index (χ1n) is 27.5. The molecule has 0 saturated carbocycles. The maximum Gasteiger partial charge on any atom is 0.320 e. The Bertz CT molecular complexity index is 2280. The van der Waals surface area contributed by atoms with Gasteiger partial charge in [0.2, 0.25) is 5.91 Å². The van der Waals surface area contributed by atoms with Crippen molar-refractivity contribution in [3.05, 3.63) is 36.0 Å². The summed E-state index contributed by atoms with van der Waals surface area (Å²) in [7, 11) is 0. The third-order valence-electron chi connectivity index (χ3n) is 13.7. The molecule has 0 bridgehead atoms. The molecule has 5 rings (SSSR count). The number of carbonyl (C=O) groups is 7. The lowest BCUT2D eigenvalue weighted by Gasteiger charge is -2.34. The molecule has 0 spiro atoms. The third kappa shape index (κ3) is 22.0. The molecule has 3 aliphatic heterocycles. The van der Waals surface area contributed by atoms with Gasteiger partial charge in [0.25, 0.3) is 17.7 Å². The van der Waals surface area contributed by atoms with Crippen molar-refractivity contribution >= 4 is 52.5 Å². The molecular weight excluding hydrogens is 1020 g/mol. The lowest BCUT2D eigenvalue weighted by molar-refractivity contribution is -0.153. The number of nitriles is 1. The van der Waals surface area contributed by atoms with Gasteiger partial charge in [-0.05, 0) is 49.9 Å². The van der Waals surface area contributed by atoms with Crippen molar-refractivity contribution in [2.75, 3.05) is 157 Å². The van der Waals surface area contributed by atoms with E-state index in [4.69, 9.17) is 23.7 Å². The van der Waals surface area contributed by atoms with Gasteiger partial charge in [0.05, 0.1) is 82.8 Å². The second-order valence-corrected chi connectivity index (χ2v) is 19.9. The van der Waals surface area contributed by atoms with Crippen molar-refractivity contribution in [3.8, 4) is 11.8 Å². The van der Waals surface area contributed by atoms with Gasteiger partial charge in [-0.25, -0.2) is 8.78 Å². The molecule has 4 heterocycles. The standard InChI is InChI=1S/C54H80F2N10O12/c1-4-7-28-75-49(69)36-61-16-18-62(37-50(70)76-29-8-5-2)20-22-64(23-21-63(19-17-61)38-51(71)77-30-9-6-3)39-52(72)78-40-48(68)65-26-24-60(25-27-65)15-10-31-74-43-11-12-46-45(32-43)44(13-14-58-46)53(73)59-35-47(67)66-41-54(55,56)33-42(66)34-57/h11-14,32,42H,4-10,15-31,33,35-41H2,1-3H3,(H,59,73). The number of hydrogen-bond donors (Lipinski definition) is 1. The van der Waals surface area contributed by atoms with E-state index in [0.717, 1.165) is 43.4 Å². The summed E-state index contributed by atoms with van der Waals surface area (Å²) in [6.07, 6.45) is 6.25. The van der Waals surface area contributed by atoms with Gasteiger partial charge in [-0.15, -0.1) is 0 Å². The van der Waals surface area contributed by atoms with E-state index < -0.39 is 55.9 Å². The van der Waals surface area contributed by atoms with Crippen LogP contribution in [0.15, 0.2) is 30.5 Å². The number of hydrogen-bond acceptors (Lipinski definition) is 19. The van der Waals surface area contributed by atoms with Crippen molar-refractivity contribution in [2.45, 2.75) is 84.1 Å². The average Bonchev–Trinajstić information content (AvgIpc) is 3.75. The Morgan fingerprint density at radius 1 is 0.641 bits per heavy atom. The van der Waals surface area contributed by atoms with Crippen molar-refractivity contribution < 1.29 is 66.0 Å². The number of aromatic nitrogens is 1. The first kappa shape index (κ1) is 62.7. The Kier molecular flexibility index (Phi) is 26.8. The topological polar surface area (TPSA) is 237 Å². The summed E-state index contributed by atoms with van der Waals surface area (Å²) >= 11 is 0. The molecule has 22 nitrogen and oxygen atoms in total. The summed E-state index contributed by atoms with van der Waals surface area (Å²) in [4.78, 5) is 108. The van der Waals surface area contributed by atoms with Crippen LogP contribution in [0.25, 0.3) is 10.9 Å². The van der Waals surface area contributed by atoms with Gasteiger partial charge in [-0.3, -0.25) is 63.0 Å². The van der Waals surface area contributed by atoms with E-state index in [0.29, 0.717) is 135 Å². The number of nitrogens with one attached hydrogen (secondary N) is 1. The highest BCUT2D eigenvalue weighted by Crippen LogP contribution is 2.31. The molecular formula is C54H80F2N10O12. The van der Waals surface area contributed by atoms with Gasteiger partial charge in [0.1, 0.15) is 11.8 Å². The molecule has 1 aromatic carbocycles. The van der Waals surface area contributed by atoms with E-state index in [1.54, 1.807) is 29.2 Å². The number of likely N-dealkylation sites (tertiary alicyclic amines) is 1. The number of benzene rings is 1. The summed E-state index contributed by atoms with van der Waals surface area (Å²) in [6.45, 7) is 11.4. The molecule has 3 saturated heterocycles. The zero-order valence-electron chi connectivity index (χ0n) is 45.8. The summed E-state index contributed by atoms with van der Waals surface area (Å²) in [5.41, 5.74) is 0.710. The van der Waals surface area contributed by atoms with Crippen LogP contribution < -0.4 is 10.1 Å². The number of carbonyl (C=O) groups excluding carboxylic acids is 7. The minimum atomic E-state index is -3.17. The predicted molar refractivity (Wildman–Crippen MR) is 282 cm³/mol. The number of halogens is 2. The van der Waals surface area contributed by atoms with E-state index in [-0.39, 0.29) is 55.6 Å². The first-order valence-corrected chi connectivity index (χ1v) is 27.5. The van der Waals surface area contributed by atoms with Crippen LogP contribution in [0, 0.1) is 11.3 Å². The number of fused-ring (bicyclic) bond motifs is 1. The Hall–Kier alpha value is -6.13. The normalized spacial score (nSPS) is 18.3. The maximum absolute atomic E-state index is 13.9. The highest BCUT2D eigenvalue weighted by molar-refractivity contribution is 6.07. The molecule has 0 radical (unpaired) electrons. The minimum Gasteiger partial charge on any atom is -0.494 e. The van der Waals surface area contributed by atoms with Gasteiger partial charge in [-0.1, -0.05) is 40.0 Å².